The van der Waals surface area contributed by atoms with E-state index in [0.717, 1.165) is 18.5 Å². The van der Waals surface area contributed by atoms with Crippen molar-refractivity contribution in [2.75, 3.05) is 18.8 Å². The first kappa shape index (κ1) is 11.7. The van der Waals surface area contributed by atoms with Crippen molar-refractivity contribution in [3.63, 3.8) is 0 Å². The Morgan fingerprint density at radius 3 is 2.65 bits per heavy atom. The van der Waals surface area contributed by atoms with Crippen molar-refractivity contribution in [2.24, 2.45) is 0 Å². The molecule has 0 aliphatic carbocycles. The van der Waals surface area contributed by atoms with Crippen LogP contribution in [0.1, 0.15) is 29.3 Å². The third-order valence-electron chi connectivity index (χ3n) is 3.07. The molecule has 1 aromatic rings. The Morgan fingerprint density at radius 2 is 2.06 bits per heavy atom. The van der Waals surface area contributed by atoms with Gasteiger partial charge in [-0.1, -0.05) is 11.6 Å². The monoisotopic (exact) mass is 230 g/mol. The van der Waals surface area contributed by atoms with Crippen molar-refractivity contribution in [1.82, 2.24) is 4.90 Å². The number of hydrogen-bond donors (Lipinski definition) is 1. The van der Waals surface area contributed by atoms with E-state index in [4.69, 9.17) is 5.73 Å². The van der Waals surface area contributed by atoms with Crippen LogP contribution >= 0.6 is 0 Å². The second-order valence-corrected chi connectivity index (χ2v) is 4.68. The van der Waals surface area contributed by atoms with Crippen LogP contribution in [0, 0.1) is 6.92 Å². The number of nitrogens with two attached hydrogens (primary N) is 1. The van der Waals surface area contributed by atoms with Crippen LogP contribution in [-0.2, 0) is 0 Å². The lowest BCUT2D eigenvalue weighted by Crippen LogP contribution is -2.34. The number of carbonyl (C=O) groups is 1. The van der Waals surface area contributed by atoms with E-state index in [1.165, 1.54) is 5.57 Å². The number of amides is 1. The van der Waals surface area contributed by atoms with Crippen LogP contribution < -0.4 is 5.73 Å². The van der Waals surface area contributed by atoms with Crippen LogP contribution in [0.25, 0.3) is 0 Å². The molecule has 1 heterocycles. The smallest absolute Gasteiger partial charge is 0.254 e. The van der Waals surface area contributed by atoms with Crippen molar-refractivity contribution in [3.05, 3.63) is 41.0 Å². The van der Waals surface area contributed by atoms with Crippen LogP contribution in [0.2, 0.25) is 0 Å². The van der Waals surface area contributed by atoms with Gasteiger partial charge in [0.2, 0.25) is 0 Å². The average Bonchev–Trinajstić information content (AvgIpc) is 2.28. The molecule has 0 unspecified atom stereocenters. The van der Waals surface area contributed by atoms with Crippen LogP contribution in [0.4, 0.5) is 5.69 Å². The Bertz CT molecular complexity index is 457. The van der Waals surface area contributed by atoms with Gasteiger partial charge in [-0.25, -0.2) is 0 Å². The topological polar surface area (TPSA) is 46.3 Å². The molecule has 0 bridgehead atoms. The van der Waals surface area contributed by atoms with E-state index in [1.807, 2.05) is 24.0 Å². The Labute approximate surface area is 102 Å². The van der Waals surface area contributed by atoms with Crippen molar-refractivity contribution in [1.29, 1.82) is 0 Å². The quantitative estimate of drug-likeness (QED) is 0.594. The number of benzene rings is 1. The molecule has 0 atom stereocenters. The number of nitrogen functional groups attached to an aromatic ring is 1. The molecule has 0 aromatic heterocycles. The number of hydrogen-bond acceptors (Lipinski definition) is 2. The molecule has 0 saturated heterocycles. The van der Waals surface area contributed by atoms with Crippen LogP contribution in [0.15, 0.2) is 29.8 Å². The molecule has 1 aliphatic rings. The van der Waals surface area contributed by atoms with E-state index < -0.39 is 0 Å². The van der Waals surface area contributed by atoms with Gasteiger partial charge in [0, 0.05) is 24.3 Å². The fraction of sp³-hybridized carbons (Fsp3) is 0.357. The minimum atomic E-state index is 0.0733. The molecule has 0 saturated carbocycles. The van der Waals surface area contributed by atoms with E-state index in [1.54, 1.807) is 6.07 Å². The molecule has 3 heteroatoms. The van der Waals surface area contributed by atoms with Gasteiger partial charge >= 0.3 is 0 Å². The van der Waals surface area contributed by atoms with Gasteiger partial charge in [-0.2, -0.15) is 0 Å². The van der Waals surface area contributed by atoms with E-state index in [2.05, 4.69) is 13.0 Å². The fourth-order valence-electron chi connectivity index (χ4n) is 2.07. The number of anilines is 1. The summed E-state index contributed by atoms with van der Waals surface area (Å²) in [5.74, 6) is 0.0733. The normalized spacial score (nSPS) is 15.6. The zero-order valence-electron chi connectivity index (χ0n) is 10.4. The summed E-state index contributed by atoms with van der Waals surface area (Å²) in [4.78, 5) is 14.1. The van der Waals surface area contributed by atoms with Gasteiger partial charge in [0.15, 0.2) is 0 Å². The Hall–Kier alpha value is -1.77. The standard InChI is InChI=1S/C14H18N2O/c1-10-3-5-16(6-4-10)14(17)12-7-11(2)8-13(15)9-12/h3,7-9H,4-6,15H2,1-2H3. The van der Waals surface area contributed by atoms with Crippen molar-refractivity contribution < 1.29 is 4.79 Å². The molecule has 90 valence electrons. The molecule has 1 aliphatic heterocycles. The van der Waals surface area contributed by atoms with E-state index >= 15 is 0 Å². The summed E-state index contributed by atoms with van der Waals surface area (Å²) in [6.45, 7) is 5.56. The maximum absolute atomic E-state index is 12.3. The molecule has 17 heavy (non-hydrogen) atoms. The summed E-state index contributed by atoms with van der Waals surface area (Å²) in [6.07, 6.45) is 3.08. The van der Waals surface area contributed by atoms with E-state index in [0.29, 0.717) is 17.8 Å². The summed E-state index contributed by atoms with van der Waals surface area (Å²) in [5, 5.41) is 0. The highest BCUT2D eigenvalue weighted by molar-refractivity contribution is 5.95. The summed E-state index contributed by atoms with van der Waals surface area (Å²) >= 11 is 0. The maximum Gasteiger partial charge on any atom is 0.254 e. The minimum Gasteiger partial charge on any atom is -0.399 e. The molecule has 2 N–H and O–H groups in total. The predicted octanol–water partition coefficient (Wildman–Crippen LogP) is 2.37. The third-order valence-corrected chi connectivity index (χ3v) is 3.07. The molecule has 0 radical (unpaired) electrons. The highest BCUT2D eigenvalue weighted by Crippen LogP contribution is 2.16. The molecule has 3 nitrogen and oxygen atoms in total. The molecule has 0 fully saturated rings. The van der Waals surface area contributed by atoms with Crippen LogP contribution in [-0.4, -0.2) is 23.9 Å². The maximum atomic E-state index is 12.3. The van der Waals surface area contributed by atoms with Crippen molar-refractivity contribution in [3.8, 4) is 0 Å². The molecule has 0 spiro atoms. The van der Waals surface area contributed by atoms with Crippen LogP contribution in [0.3, 0.4) is 0 Å². The average molecular weight is 230 g/mol. The molecule has 1 aromatic carbocycles. The van der Waals surface area contributed by atoms with E-state index in [9.17, 15) is 4.79 Å². The van der Waals surface area contributed by atoms with Crippen LogP contribution in [0.5, 0.6) is 0 Å². The Kier molecular flexibility index (Phi) is 3.18. The Balaban J connectivity index is 2.20. The largest absolute Gasteiger partial charge is 0.399 e. The molecular weight excluding hydrogens is 212 g/mol. The summed E-state index contributed by atoms with van der Waals surface area (Å²) < 4.78 is 0. The zero-order valence-corrected chi connectivity index (χ0v) is 10.4. The van der Waals surface area contributed by atoms with Gasteiger partial charge < -0.3 is 10.6 Å². The lowest BCUT2D eigenvalue weighted by Gasteiger charge is -2.25. The molecular formula is C14H18N2O. The number of aryl methyl sites for hydroxylation is 1. The number of rotatable bonds is 1. The third kappa shape index (κ3) is 2.67. The van der Waals surface area contributed by atoms with Gasteiger partial charge in [-0.05, 0) is 44.0 Å². The number of nitrogens with zero attached hydrogens (tertiary/aromatic N) is 1. The zero-order chi connectivity index (χ0) is 12.4. The second-order valence-electron chi connectivity index (χ2n) is 4.68. The lowest BCUT2D eigenvalue weighted by molar-refractivity contribution is 0.0769. The van der Waals surface area contributed by atoms with Gasteiger partial charge in [-0.3, -0.25) is 4.79 Å². The summed E-state index contributed by atoms with van der Waals surface area (Å²) in [6, 6.07) is 5.52. The Morgan fingerprint density at radius 1 is 1.29 bits per heavy atom. The van der Waals surface area contributed by atoms with Gasteiger partial charge in [-0.15, -0.1) is 0 Å². The lowest BCUT2D eigenvalue weighted by atomic mass is 10.1. The van der Waals surface area contributed by atoms with Gasteiger partial charge in [0.25, 0.3) is 5.91 Å². The molecule has 2 rings (SSSR count). The predicted molar refractivity (Wildman–Crippen MR) is 69.9 cm³/mol. The SMILES string of the molecule is CC1=CCN(C(=O)c2cc(C)cc(N)c2)CC1. The summed E-state index contributed by atoms with van der Waals surface area (Å²) in [5.41, 5.74) is 9.49. The first-order valence-corrected chi connectivity index (χ1v) is 5.88. The van der Waals surface area contributed by atoms with Crippen molar-refractivity contribution >= 4 is 11.6 Å². The van der Waals surface area contributed by atoms with Gasteiger partial charge in [0.05, 0.1) is 0 Å². The highest BCUT2D eigenvalue weighted by Gasteiger charge is 2.17. The van der Waals surface area contributed by atoms with E-state index in [-0.39, 0.29) is 5.91 Å². The molecule has 1 amide bonds. The fourth-order valence-corrected chi connectivity index (χ4v) is 2.07. The minimum absolute atomic E-state index is 0.0733. The second kappa shape index (κ2) is 4.62. The van der Waals surface area contributed by atoms with Crippen molar-refractivity contribution in [2.45, 2.75) is 20.3 Å². The first-order chi connectivity index (χ1) is 8.06. The first-order valence-electron chi connectivity index (χ1n) is 5.88. The van der Waals surface area contributed by atoms with Gasteiger partial charge in [0.1, 0.15) is 0 Å². The summed E-state index contributed by atoms with van der Waals surface area (Å²) in [7, 11) is 0. The highest BCUT2D eigenvalue weighted by atomic mass is 16.2. The number of carbonyl (C=O) groups excluding carboxylic acids is 1.